The molecule has 1 saturated heterocycles. The first-order valence-corrected chi connectivity index (χ1v) is 7.85. The van der Waals surface area contributed by atoms with E-state index in [4.69, 9.17) is 5.73 Å². The van der Waals surface area contributed by atoms with Gasteiger partial charge in [-0.2, -0.15) is 8.75 Å². The summed E-state index contributed by atoms with van der Waals surface area (Å²) in [5, 5.41) is 2.93. The van der Waals surface area contributed by atoms with Gasteiger partial charge in [0.05, 0.1) is 24.0 Å². The first-order valence-electron chi connectivity index (χ1n) is 7.12. The third kappa shape index (κ3) is 3.20. The fourth-order valence-electron chi connectivity index (χ4n) is 2.61. The summed E-state index contributed by atoms with van der Waals surface area (Å²) in [4.78, 5) is 14.3. The summed E-state index contributed by atoms with van der Waals surface area (Å²) in [5.74, 6) is 0.497. The van der Waals surface area contributed by atoms with E-state index in [0.29, 0.717) is 12.5 Å². The highest BCUT2D eigenvalue weighted by atomic mass is 32.1. The minimum Gasteiger partial charge on any atom is -0.326 e. The third-order valence-corrected chi connectivity index (χ3v) is 4.57. The summed E-state index contributed by atoms with van der Waals surface area (Å²) in [7, 11) is 0. The largest absolute Gasteiger partial charge is 0.326 e. The number of nitrogens with one attached hydrogen (secondary N) is 1. The van der Waals surface area contributed by atoms with Crippen molar-refractivity contribution in [2.75, 3.05) is 25.0 Å². The van der Waals surface area contributed by atoms with Crippen molar-refractivity contribution in [3.05, 3.63) is 18.2 Å². The van der Waals surface area contributed by atoms with Gasteiger partial charge in [-0.1, -0.05) is 13.0 Å². The number of rotatable bonds is 3. The Morgan fingerprint density at radius 2 is 2.38 bits per heavy atom. The molecule has 0 radical (unpaired) electrons. The topological polar surface area (TPSA) is 84.1 Å². The van der Waals surface area contributed by atoms with E-state index in [0.717, 1.165) is 48.0 Å². The Kier molecular flexibility index (Phi) is 4.14. The Labute approximate surface area is 127 Å². The Hall–Kier alpha value is -1.57. The van der Waals surface area contributed by atoms with Gasteiger partial charge < -0.3 is 11.1 Å². The van der Waals surface area contributed by atoms with Gasteiger partial charge in [-0.25, -0.2) is 0 Å². The monoisotopic (exact) mass is 305 g/mol. The first kappa shape index (κ1) is 14.4. The van der Waals surface area contributed by atoms with Crippen molar-refractivity contribution in [1.29, 1.82) is 0 Å². The van der Waals surface area contributed by atoms with Gasteiger partial charge in [0.15, 0.2) is 0 Å². The lowest BCUT2D eigenvalue weighted by Crippen LogP contribution is -2.49. The highest BCUT2D eigenvalue weighted by Crippen LogP contribution is 2.21. The molecule has 2 unspecified atom stereocenters. The van der Waals surface area contributed by atoms with Crippen LogP contribution in [-0.2, 0) is 4.79 Å². The zero-order valence-electron chi connectivity index (χ0n) is 12.0. The van der Waals surface area contributed by atoms with E-state index in [1.807, 2.05) is 18.2 Å². The highest BCUT2D eigenvalue weighted by molar-refractivity contribution is 7.00. The molecule has 2 aromatic rings. The number of hydrogen-bond acceptors (Lipinski definition) is 6. The Balaban J connectivity index is 1.63. The second-order valence-corrected chi connectivity index (χ2v) is 6.18. The van der Waals surface area contributed by atoms with Crippen LogP contribution in [0.1, 0.15) is 13.3 Å². The molecular formula is C14H19N5OS. The minimum atomic E-state index is -0.0303. The highest BCUT2D eigenvalue weighted by Gasteiger charge is 2.24. The molecule has 1 aromatic heterocycles. The van der Waals surface area contributed by atoms with Crippen molar-refractivity contribution in [2.24, 2.45) is 11.7 Å². The number of carbonyl (C=O) groups excluding carboxylic acids is 1. The molecule has 1 fully saturated rings. The standard InChI is InChI=1S/C14H19N5OS/c1-9-5-6-19(7-10(9)15)8-13(20)16-11-3-2-4-12-14(11)18-21-17-12/h2-4,9-10H,5-8,15H2,1H3,(H,16,20). The van der Waals surface area contributed by atoms with Gasteiger partial charge in [-0.15, -0.1) is 0 Å². The number of nitrogens with two attached hydrogens (primary N) is 1. The van der Waals surface area contributed by atoms with E-state index < -0.39 is 0 Å². The second-order valence-electron chi connectivity index (χ2n) is 5.65. The van der Waals surface area contributed by atoms with Crippen molar-refractivity contribution >= 4 is 34.4 Å². The lowest BCUT2D eigenvalue weighted by atomic mass is 9.94. The molecule has 1 aliphatic rings. The number of benzene rings is 1. The predicted molar refractivity (Wildman–Crippen MR) is 84.2 cm³/mol. The summed E-state index contributed by atoms with van der Waals surface area (Å²) in [6, 6.07) is 5.76. The van der Waals surface area contributed by atoms with Gasteiger partial charge in [0.1, 0.15) is 11.0 Å². The van der Waals surface area contributed by atoms with Crippen LogP contribution in [0.4, 0.5) is 5.69 Å². The fraction of sp³-hybridized carbons (Fsp3) is 0.500. The number of amides is 1. The molecule has 0 saturated carbocycles. The molecule has 0 aliphatic carbocycles. The predicted octanol–water partition coefficient (Wildman–Crippen LogP) is 1.30. The first-order chi connectivity index (χ1) is 10.1. The van der Waals surface area contributed by atoms with Crippen molar-refractivity contribution in [1.82, 2.24) is 13.6 Å². The summed E-state index contributed by atoms with van der Waals surface area (Å²) < 4.78 is 8.40. The lowest BCUT2D eigenvalue weighted by Gasteiger charge is -2.34. The zero-order valence-corrected chi connectivity index (χ0v) is 12.8. The average Bonchev–Trinajstić information content (AvgIpc) is 2.92. The molecule has 1 amide bonds. The molecule has 6 nitrogen and oxygen atoms in total. The maximum Gasteiger partial charge on any atom is 0.238 e. The molecule has 1 aliphatic heterocycles. The number of piperidine rings is 1. The lowest BCUT2D eigenvalue weighted by molar-refractivity contribution is -0.117. The van der Waals surface area contributed by atoms with Crippen LogP contribution in [0.15, 0.2) is 18.2 Å². The molecule has 7 heteroatoms. The molecule has 1 aromatic carbocycles. The second kappa shape index (κ2) is 6.05. The number of hydrogen-bond donors (Lipinski definition) is 2. The molecule has 0 spiro atoms. The number of carbonyl (C=O) groups is 1. The van der Waals surface area contributed by atoms with Gasteiger partial charge in [0.2, 0.25) is 5.91 Å². The zero-order chi connectivity index (χ0) is 14.8. The van der Waals surface area contributed by atoms with Gasteiger partial charge in [0, 0.05) is 12.6 Å². The van der Waals surface area contributed by atoms with Crippen LogP contribution < -0.4 is 11.1 Å². The summed E-state index contributed by atoms with van der Waals surface area (Å²) in [6.07, 6.45) is 1.04. The molecule has 3 rings (SSSR count). The van der Waals surface area contributed by atoms with Gasteiger partial charge in [-0.3, -0.25) is 9.69 Å². The van der Waals surface area contributed by atoms with Crippen LogP contribution >= 0.6 is 11.7 Å². The number of likely N-dealkylation sites (tertiary alicyclic amines) is 1. The van der Waals surface area contributed by atoms with Crippen LogP contribution in [0.25, 0.3) is 11.0 Å². The number of nitrogens with zero attached hydrogens (tertiary/aromatic N) is 3. The molecule has 2 atom stereocenters. The fourth-order valence-corrected chi connectivity index (χ4v) is 3.16. The molecule has 0 bridgehead atoms. The van der Waals surface area contributed by atoms with Gasteiger partial charge in [-0.05, 0) is 31.0 Å². The summed E-state index contributed by atoms with van der Waals surface area (Å²) in [5.41, 5.74) is 8.35. The number of aromatic nitrogens is 2. The van der Waals surface area contributed by atoms with Crippen LogP contribution in [0.2, 0.25) is 0 Å². The van der Waals surface area contributed by atoms with Crippen LogP contribution in [0, 0.1) is 5.92 Å². The quantitative estimate of drug-likeness (QED) is 0.893. The van der Waals surface area contributed by atoms with E-state index in [2.05, 4.69) is 25.9 Å². The van der Waals surface area contributed by atoms with Gasteiger partial charge in [0.25, 0.3) is 0 Å². The normalized spacial score (nSPS) is 23.3. The maximum atomic E-state index is 12.2. The number of fused-ring (bicyclic) bond motifs is 1. The van der Waals surface area contributed by atoms with Crippen LogP contribution in [-0.4, -0.2) is 45.2 Å². The van der Waals surface area contributed by atoms with E-state index in [1.165, 1.54) is 0 Å². The summed E-state index contributed by atoms with van der Waals surface area (Å²) >= 11 is 1.15. The molecule has 3 N–H and O–H groups in total. The van der Waals surface area contributed by atoms with Crippen molar-refractivity contribution in [3.8, 4) is 0 Å². The van der Waals surface area contributed by atoms with E-state index in [-0.39, 0.29) is 11.9 Å². The van der Waals surface area contributed by atoms with Crippen molar-refractivity contribution in [2.45, 2.75) is 19.4 Å². The molecule has 112 valence electrons. The molecular weight excluding hydrogens is 286 g/mol. The average molecular weight is 305 g/mol. The molecule has 21 heavy (non-hydrogen) atoms. The Morgan fingerprint density at radius 1 is 1.52 bits per heavy atom. The maximum absolute atomic E-state index is 12.2. The smallest absolute Gasteiger partial charge is 0.238 e. The SMILES string of the molecule is CC1CCN(CC(=O)Nc2cccc3nsnc23)CC1N. The minimum absolute atomic E-state index is 0.0303. The van der Waals surface area contributed by atoms with Crippen LogP contribution in [0.3, 0.4) is 0 Å². The van der Waals surface area contributed by atoms with E-state index in [1.54, 1.807) is 0 Å². The summed E-state index contributed by atoms with van der Waals surface area (Å²) in [6.45, 7) is 4.23. The van der Waals surface area contributed by atoms with E-state index >= 15 is 0 Å². The van der Waals surface area contributed by atoms with Crippen molar-refractivity contribution < 1.29 is 4.79 Å². The Bertz CT molecular complexity index is 643. The Morgan fingerprint density at radius 3 is 3.19 bits per heavy atom. The van der Waals surface area contributed by atoms with E-state index in [9.17, 15) is 4.79 Å². The van der Waals surface area contributed by atoms with Crippen LogP contribution in [0.5, 0.6) is 0 Å². The molecule has 2 heterocycles. The van der Waals surface area contributed by atoms with Gasteiger partial charge >= 0.3 is 0 Å². The number of anilines is 1. The third-order valence-electron chi connectivity index (χ3n) is 4.03. The van der Waals surface area contributed by atoms with Crippen molar-refractivity contribution in [3.63, 3.8) is 0 Å².